The summed E-state index contributed by atoms with van der Waals surface area (Å²) in [6, 6.07) is 15.1. The molecule has 1 heterocycles. The predicted octanol–water partition coefficient (Wildman–Crippen LogP) is 5.05. The highest BCUT2D eigenvalue weighted by Gasteiger charge is 2.03. The first-order valence-corrected chi connectivity index (χ1v) is 8.35. The fourth-order valence-electron chi connectivity index (χ4n) is 2.25. The van der Waals surface area contributed by atoms with Gasteiger partial charge in [0.15, 0.2) is 5.11 Å². The van der Waals surface area contributed by atoms with Crippen molar-refractivity contribution in [3.8, 4) is 0 Å². The lowest BCUT2D eigenvalue weighted by Crippen LogP contribution is -2.19. The van der Waals surface area contributed by atoms with Crippen molar-refractivity contribution >= 4 is 51.9 Å². The minimum atomic E-state index is 0.463. The summed E-state index contributed by atoms with van der Waals surface area (Å²) >= 11 is 17.3. The molecule has 0 aliphatic carbocycles. The fourth-order valence-corrected chi connectivity index (χ4v) is 3.01. The van der Waals surface area contributed by atoms with E-state index in [0.29, 0.717) is 21.7 Å². The van der Waals surface area contributed by atoms with Gasteiger partial charge < -0.3 is 10.6 Å². The Bertz CT molecular complexity index is 829. The van der Waals surface area contributed by atoms with Crippen molar-refractivity contribution in [2.75, 3.05) is 10.6 Å². The van der Waals surface area contributed by atoms with Crippen LogP contribution < -0.4 is 10.6 Å². The van der Waals surface area contributed by atoms with Crippen LogP contribution in [-0.2, 0) is 6.54 Å². The van der Waals surface area contributed by atoms with Gasteiger partial charge in [0.1, 0.15) is 0 Å². The Labute approximate surface area is 155 Å². The first-order valence-electron chi connectivity index (χ1n) is 7.19. The SMILES string of the molecule is S=C(Nc1cc(Cl)cc(Cl)c1)Nc1cccc(Cn2cccn2)c1. The number of nitrogens with one attached hydrogen (secondary N) is 2. The van der Waals surface area contributed by atoms with E-state index in [9.17, 15) is 0 Å². The number of halogens is 2. The Kier molecular flexibility index (Phi) is 5.35. The Morgan fingerprint density at radius 1 is 1.00 bits per heavy atom. The molecule has 0 fully saturated rings. The average molecular weight is 377 g/mol. The van der Waals surface area contributed by atoms with Crippen molar-refractivity contribution in [2.24, 2.45) is 0 Å². The summed E-state index contributed by atoms with van der Waals surface area (Å²) in [5.74, 6) is 0. The Morgan fingerprint density at radius 2 is 1.75 bits per heavy atom. The molecule has 0 amide bonds. The van der Waals surface area contributed by atoms with E-state index >= 15 is 0 Å². The van der Waals surface area contributed by atoms with Gasteiger partial charge in [-0.15, -0.1) is 0 Å². The van der Waals surface area contributed by atoms with Crippen molar-refractivity contribution in [1.29, 1.82) is 0 Å². The number of anilines is 2. The van der Waals surface area contributed by atoms with Gasteiger partial charge in [-0.25, -0.2) is 0 Å². The van der Waals surface area contributed by atoms with Crippen molar-refractivity contribution in [1.82, 2.24) is 9.78 Å². The summed E-state index contributed by atoms with van der Waals surface area (Å²) in [6.07, 6.45) is 3.69. The molecule has 2 aromatic carbocycles. The average Bonchev–Trinajstić information content (AvgIpc) is 2.99. The van der Waals surface area contributed by atoms with Crippen LogP contribution in [0.2, 0.25) is 10.0 Å². The minimum absolute atomic E-state index is 0.463. The molecule has 0 aliphatic rings. The number of rotatable bonds is 4. The molecule has 4 nitrogen and oxygen atoms in total. The smallest absolute Gasteiger partial charge is 0.175 e. The maximum absolute atomic E-state index is 5.99. The molecule has 122 valence electrons. The monoisotopic (exact) mass is 376 g/mol. The van der Waals surface area contributed by atoms with Crippen LogP contribution in [0.5, 0.6) is 0 Å². The van der Waals surface area contributed by atoms with E-state index in [-0.39, 0.29) is 0 Å². The van der Waals surface area contributed by atoms with Gasteiger partial charge in [-0.1, -0.05) is 35.3 Å². The molecule has 0 atom stereocenters. The lowest BCUT2D eigenvalue weighted by atomic mass is 10.2. The zero-order valence-electron chi connectivity index (χ0n) is 12.5. The molecule has 0 saturated carbocycles. The molecular weight excluding hydrogens is 363 g/mol. The van der Waals surface area contributed by atoms with Crippen LogP contribution in [0.3, 0.4) is 0 Å². The number of thiocarbonyl (C=S) groups is 1. The molecule has 0 spiro atoms. The number of hydrogen-bond acceptors (Lipinski definition) is 2. The molecule has 0 bridgehead atoms. The molecule has 3 aromatic rings. The minimum Gasteiger partial charge on any atom is -0.332 e. The number of hydrogen-bond donors (Lipinski definition) is 2. The zero-order valence-corrected chi connectivity index (χ0v) is 14.9. The van der Waals surface area contributed by atoms with Gasteiger partial charge in [0.05, 0.1) is 6.54 Å². The van der Waals surface area contributed by atoms with E-state index in [4.69, 9.17) is 35.4 Å². The quantitative estimate of drug-likeness (QED) is 0.625. The van der Waals surface area contributed by atoms with E-state index in [2.05, 4.69) is 15.7 Å². The third-order valence-corrected chi connectivity index (χ3v) is 3.85. The number of benzene rings is 2. The van der Waals surface area contributed by atoms with Crippen molar-refractivity contribution in [2.45, 2.75) is 6.54 Å². The highest BCUT2D eigenvalue weighted by molar-refractivity contribution is 7.80. The zero-order chi connectivity index (χ0) is 16.9. The summed E-state index contributed by atoms with van der Waals surface area (Å²) in [5, 5.41) is 12.0. The van der Waals surface area contributed by atoms with Gasteiger partial charge in [0.25, 0.3) is 0 Å². The van der Waals surface area contributed by atoms with E-state index in [1.165, 1.54) is 0 Å². The van der Waals surface area contributed by atoms with E-state index < -0.39 is 0 Å². The molecule has 2 N–H and O–H groups in total. The molecular formula is C17H14Cl2N4S. The second kappa shape index (κ2) is 7.66. The largest absolute Gasteiger partial charge is 0.332 e. The molecule has 7 heteroatoms. The van der Waals surface area contributed by atoms with Crippen LogP contribution >= 0.6 is 35.4 Å². The molecule has 0 saturated heterocycles. The summed E-state index contributed by atoms with van der Waals surface area (Å²) < 4.78 is 1.86. The third-order valence-electron chi connectivity index (χ3n) is 3.21. The van der Waals surface area contributed by atoms with Gasteiger partial charge in [0, 0.05) is 33.8 Å². The first-order chi connectivity index (χ1) is 11.6. The Balaban J connectivity index is 1.65. The lowest BCUT2D eigenvalue weighted by Gasteiger charge is -2.12. The lowest BCUT2D eigenvalue weighted by molar-refractivity contribution is 0.687. The summed E-state index contributed by atoms with van der Waals surface area (Å²) in [7, 11) is 0. The van der Waals surface area contributed by atoms with Gasteiger partial charge in [-0.2, -0.15) is 5.10 Å². The van der Waals surface area contributed by atoms with Crippen LogP contribution in [-0.4, -0.2) is 14.9 Å². The van der Waals surface area contributed by atoms with E-state index in [1.807, 2.05) is 41.2 Å². The molecule has 0 aliphatic heterocycles. The normalized spacial score (nSPS) is 10.4. The molecule has 1 aromatic heterocycles. The second-order valence-electron chi connectivity index (χ2n) is 5.14. The summed E-state index contributed by atoms with van der Waals surface area (Å²) in [5.41, 5.74) is 2.75. The fraction of sp³-hybridized carbons (Fsp3) is 0.0588. The highest BCUT2D eigenvalue weighted by Crippen LogP contribution is 2.22. The molecule has 0 radical (unpaired) electrons. The molecule has 24 heavy (non-hydrogen) atoms. The van der Waals surface area contributed by atoms with Gasteiger partial charge in [0.2, 0.25) is 0 Å². The van der Waals surface area contributed by atoms with Crippen molar-refractivity contribution in [3.05, 3.63) is 76.5 Å². The topological polar surface area (TPSA) is 41.9 Å². The van der Waals surface area contributed by atoms with Crippen LogP contribution in [0, 0.1) is 0 Å². The van der Waals surface area contributed by atoms with E-state index in [0.717, 1.165) is 16.9 Å². The summed E-state index contributed by atoms with van der Waals surface area (Å²) in [6.45, 7) is 0.701. The highest BCUT2D eigenvalue weighted by atomic mass is 35.5. The van der Waals surface area contributed by atoms with Crippen molar-refractivity contribution in [3.63, 3.8) is 0 Å². The second-order valence-corrected chi connectivity index (χ2v) is 6.42. The standard InChI is InChI=1S/C17H14Cl2N4S/c18-13-8-14(19)10-16(9-13)22-17(24)21-15-4-1-3-12(7-15)11-23-6-2-5-20-23/h1-10H,11H2,(H2,21,22,24). The van der Waals surface area contributed by atoms with Crippen LogP contribution in [0.25, 0.3) is 0 Å². The van der Waals surface area contributed by atoms with E-state index in [1.54, 1.807) is 24.4 Å². The summed E-state index contributed by atoms with van der Waals surface area (Å²) in [4.78, 5) is 0. The van der Waals surface area contributed by atoms with Gasteiger partial charge >= 0.3 is 0 Å². The molecule has 0 unspecified atom stereocenters. The molecule has 3 rings (SSSR count). The van der Waals surface area contributed by atoms with Crippen LogP contribution in [0.15, 0.2) is 60.9 Å². The van der Waals surface area contributed by atoms with Gasteiger partial charge in [-0.05, 0) is 54.2 Å². The Hall–Kier alpha value is -2.08. The predicted molar refractivity (Wildman–Crippen MR) is 104 cm³/mol. The maximum Gasteiger partial charge on any atom is 0.175 e. The van der Waals surface area contributed by atoms with Crippen LogP contribution in [0.4, 0.5) is 11.4 Å². The maximum atomic E-state index is 5.99. The van der Waals surface area contributed by atoms with Gasteiger partial charge in [-0.3, -0.25) is 4.68 Å². The number of nitrogens with zero attached hydrogens (tertiary/aromatic N) is 2. The van der Waals surface area contributed by atoms with Crippen LogP contribution in [0.1, 0.15) is 5.56 Å². The van der Waals surface area contributed by atoms with Crippen molar-refractivity contribution < 1.29 is 0 Å². The Morgan fingerprint density at radius 3 is 2.46 bits per heavy atom. The third kappa shape index (κ3) is 4.71. The first kappa shape index (κ1) is 16.8. The number of aromatic nitrogens is 2.